The number of imide groups is 1. The van der Waals surface area contributed by atoms with Crippen molar-refractivity contribution < 1.29 is 23.9 Å². The van der Waals surface area contributed by atoms with Gasteiger partial charge in [-0.3, -0.25) is 19.7 Å². The van der Waals surface area contributed by atoms with E-state index < -0.39 is 23.8 Å². The van der Waals surface area contributed by atoms with Crippen LogP contribution in [0.25, 0.3) is 0 Å². The van der Waals surface area contributed by atoms with Crippen LogP contribution in [0.1, 0.15) is 12.8 Å². The van der Waals surface area contributed by atoms with Crippen molar-refractivity contribution in [1.29, 1.82) is 0 Å². The zero-order valence-corrected chi connectivity index (χ0v) is 13.7. The van der Waals surface area contributed by atoms with Gasteiger partial charge in [0.2, 0.25) is 5.91 Å². The van der Waals surface area contributed by atoms with Crippen LogP contribution in [0.3, 0.4) is 0 Å². The zero-order valence-electron chi connectivity index (χ0n) is 13.7. The molecule has 0 saturated carbocycles. The molecule has 3 rings (SSSR count). The van der Waals surface area contributed by atoms with Crippen molar-refractivity contribution in [3.05, 3.63) is 24.3 Å². The summed E-state index contributed by atoms with van der Waals surface area (Å²) in [5, 5.41) is 7.77. The highest BCUT2D eigenvalue weighted by atomic mass is 16.6. The van der Waals surface area contributed by atoms with E-state index in [9.17, 15) is 14.4 Å². The van der Waals surface area contributed by atoms with E-state index in [2.05, 4.69) is 16.0 Å². The molecule has 8 nitrogen and oxygen atoms in total. The van der Waals surface area contributed by atoms with Gasteiger partial charge in [0.1, 0.15) is 12.7 Å². The fraction of sp³-hybridized carbons (Fsp3) is 0.471. The predicted molar refractivity (Wildman–Crippen MR) is 88.1 cm³/mol. The van der Waals surface area contributed by atoms with E-state index in [0.29, 0.717) is 24.3 Å². The summed E-state index contributed by atoms with van der Waals surface area (Å²) in [6, 6.07) is 7.23. The molecule has 0 aromatic heterocycles. The van der Waals surface area contributed by atoms with Crippen LogP contribution in [0.15, 0.2) is 24.3 Å². The summed E-state index contributed by atoms with van der Waals surface area (Å²) in [5.41, 5.74) is 0. The van der Waals surface area contributed by atoms with Crippen molar-refractivity contribution in [2.45, 2.75) is 18.9 Å². The molecule has 8 heteroatoms. The molecule has 3 N–H and O–H groups in total. The average Bonchev–Trinajstić information content (AvgIpc) is 2.66. The summed E-state index contributed by atoms with van der Waals surface area (Å²) in [4.78, 5) is 35.7. The Balaban J connectivity index is 1.43. The molecule has 1 unspecified atom stereocenters. The predicted octanol–water partition coefficient (Wildman–Crippen LogP) is -0.415. The van der Waals surface area contributed by atoms with Crippen LogP contribution in [0.2, 0.25) is 0 Å². The van der Waals surface area contributed by atoms with Gasteiger partial charge < -0.3 is 20.1 Å². The Kier molecular flexibility index (Phi) is 5.49. The lowest BCUT2D eigenvalue weighted by molar-refractivity contribution is -0.143. The largest absolute Gasteiger partial charge is 0.486 e. The number of carbonyl (C=O) groups is 3. The quantitative estimate of drug-likeness (QED) is 0.642. The number of benzene rings is 1. The third kappa shape index (κ3) is 4.48. The van der Waals surface area contributed by atoms with Crippen molar-refractivity contribution in [3.63, 3.8) is 0 Å². The maximum atomic E-state index is 12.0. The molecule has 0 radical (unpaired) electrons. The highest BCUT2D eigenvalue weighted by Crippen LogP contribution is 2.30. The molecule has 1 aromatic rings. The van der Waals surface area contributed by atoms with E-state index in [1.807, 2.05) is 12.1 Å². The van der Waals surface area contributed by atoms with Crippen LogP contribution in [0, 0.1) is 5.92 Å². The van der Waals surface area contributed by atoms with Gasteiger partial charge in [0.15, 0.2) is 11.5 Å². The van der Waals surface area contributed by atoms with Crippen LogP contribution < -0.4 is 25.4 Å². The maximum Gasteiger partial charge on any atom is 0.315 e. The van der Waals surface area contributed by atoms with Gasteiger partial charge in [-0.25, -0.2) is 0 Å². The van der Waals surface area contributed by atoms with Crippen molar-refractivity contribution >= 4 is 17.7 Å². The maximum absolute atomic E-state index is 12.0. The molecule has 0 bridgehead atoms. The van der Waals surface area contributed by atoms with Gasteiger partial charge in [0, 0.05) is 5.92 Å². The van der Waals surface area contributed by atoms with Gasteiger partial charge in [-0.2, -0.15) is 0 Å². The van der Waals surface area contributed by atoms with Gasteiger partial charge in [0.25, 0.3) is 0 Å². The number of nitrogens with one attached hydrogen (secondary N) is 3. The molecule has 2 aliphatic heterocycles. The van der Waals surface area contributed by atoms with Crippen LogP contribution in [-0.2, 0) is 14.4 Å². The van der Waals surface area contributed by atoms with Gasteiger partial charge in [0.05, 0.1) is 6.54 Å². The number of piperidine rings is 1. The number of hydrogen-bond donors (Lipinski definition) is 3. The normalized spacial score (nSPS) is 19.8. The standard InChI is InChI=1S/C17H21N3O5/c21-15(11-5-7-18-8-6-11)20-17(23)16(22)19-9-12-10-24-13-3-1-2-4-14(13)25-12/h1-4,11-12,18H,5-10H2,(H,19,22)(H,20,21,23). The van der Waals surface area contributed by atoms with Crippen LogP contribution in [-0.4, -0.2) is 50.1 Å². The Morgan fingerprint density at radius 3 is 2.56 bits per heavy atom. The molecule has 0 aliphatic carbocycles. The molecule has 1 aromatic carbocycles. The molecule has 25 heavy (non-hydrogen) atoms. The van der Waals surface area contributed by atoms with Gasteiger partial charge in [-0.15, -0.1) is 0 Å². The Labute approximate surface area is 145 Å². The number of hydrogen-bond acceptors (Lipinski definition) is 6. The molecular weight excluding hydrogens is 326 g/mol. The smallest absolute Gasteiger partial charge is 0.315 e. The van der Waals surface area contributed by atoms with Gasteiger partial charge >= 0.3 is 11.8 Å². The van der Waals surface area contributed by atoms with Crippen LogP contribution in [0.5, 0.6) is 11.5 Å². The first-order valence-electron chi connectivity index (χ1n) is 8.35. The first-order chi connectivity index (χ1) is 12.1. The highest BCUT2D eigenvalue weighted by molar-refractivity contribution is 6.37. The molecule has 3 amide bonds. The lowest BCUT2D eigenvalue weighted by Gasteiger charge is -2.26. The van der Waals surface area contributed by atoms with E-state index in [0.717, 1.165) is 13.1 Å². The molecule has 1 saturated heterocycles. The molecule has 1 fully saturated rings. The topological polar surface area (TPSA) is 106 Å². The van der Waals surface area contributed by atoms with E-state index in [4.69, 9.17) is 9.47 Å². The molecular formula is C17H21N3O5. The summed E-state index contributed by atoms with van der Waals surface area (Å²) in [7, 11) is 0. The second kappa shape index (κ2) is 7.98. The molecule has 1 atom stereocenters. The number of rotatable bonds is 3. The summed E-state index contributed by atoms with van der Waals surface area (Å²) >= 11 is 0. The summed E-state index contributed by atoms with van der Waals surface area (Å²) in [6.07, 6.45) is 0.924. The first kappa shape index (κ1) is 17.2. The van der Waals surface area contributed by atoms with Crippen molar-refractivity contribution in [3.8, 4) is 11.5 Å². The Hall–Kier alpha value is -2.61. The van der Waals surface area contributed by atoms with Crippen LogP contribution in [0.4, 0.5) is 0 Å². The molecule has 2 aliphatic rings. The SMILES string of the molecule is O=C(NCC1COc2ccccc2O1)C(=O)NC(=O)C1CCNCC1. The summed E-state index contributed by atoms with van der Waals surface area (Å²) in [5.74, 6) is -1.18. The van der Waals surface area contributed by atoms with Crippen molar-refractivity contribution in [1.82, 2.24) is 16.0 Å². The van der Waals surface area contributed by atoms with Crippen LogP contribution >= 0.6 is 0 Å². The van der Waals surface area contributed by atoms with Crippen molar-refractivity contribution in [2.24, 2.45) is 5.92 Å². The molecule has 2 heterocycles. The summed E-state index contributed by atoms with van der Waals surface area (Å²) in [6.45, 7) is 1.85. The highest BCUT2D eigenvalue weighted by Gasteiger charge is 2.26. The average molecular weight is 347 g/mol. The third-order valence-electron chi connectivity index (χ3n) is 4.21. The fourth-order valence-electron chi connectivity index (χ4n) is 2.81. The second-order valence-corrected chi connectivity index (χ2v) is 6.05. The fourth-order valence-corrected chi connectivity index (χ4v) is 2.81. The van der Waals surface area contributed by atoms with E-state index >= 15 is 0 Å². The minimum Gasteiger partial charge on any atom is -0.486 e. The van der Waals surface area contributed by atoms with E-state index in [1.54, 1.807) is 12.1 Å². The Morgan fingerprint density at radius 2 is 1.80 bits per heavy atom. The Morgan fingerprint density at radius 1 is 1.08 bits per heavy atom. The zero-order chi connectivity index (χ0) is 17.6. The van der Waals surface area contributed by atoms with Crippen molar-refractivity contribution in [2.75, 3.05) is 26.2 Å². The minimum atomic E-state index is -0.944. The van der Waals surface area contributed by atoms with Gasteiger partial charge in [-0.1, -0.05) is 12.1 Å². The second-order valence-electron chi connectivity index (χ2n) is 6.05. The number of ether oxygens (including phenoxy) is 2. The number of fused-ring (bicyclic) bond motifs is 1. The minimum absolute atomic E-state index is 0.113. The first-order valence-corrected chi connectivity index (χ1v) is 8.35. The molecule has 134 valence electrons. The third-order valence-corrected chi connectivity index (χ3v) is 4.21. The molecule has 0 spiro atoms. The summed E-state index contributed by atoms with van der Waals surface area (Å²) < 4.78 is 11.2. The van der Waals surface area contributed by atoms with E-state index in [-0.39, 0.29) is 19.1 Å². The lowest BCUT2D eigenvalue weighted by Crippen LogP contribution is -2.49. The Bertz CT molecular complexity index is 657. The lowest BCUT2D eigenvalue weighted by atomic mass is 9.97. The number of carbonyl (C=O) groups excluding carboxylic acids is 3. The number of amides is 3. The van der Waals surface area contributed by atoms with Gasteiger partial charge in [-0.05, 0) is 38.1 Å². The van der Waals surface area contributed by atoms with E-state index in [1.165, 1.54) is 0 Å². The monoisotopic (exact) mass is 347 g/mol. The number of para-hydroxylation sites is 2.